The summed E-state index contributed by atoms with van der Waals surface area (Å²) in [6.45, 7) is 0. The lowest BCUT2D eigenvalue weighted by molar-refractivity contribution is 0.0919. The van der Waals surface area contributed by atoms with E-state index in [2.05, 4.69) is 65.7 Å². The monoisotopic (exact) mass is 597 g/mol. The van der Waals surface area contributed by atoms with Crippen LogP contribution in [0.4, 0.5) is 0 Å². The summed E-state index contributed by atoms with van der Waals surface area (Å²) >= 11 is 6.55. The SMILES string of the molecule is Cn1nc(C(=O)NC2CCCC(C#CSP(I)I)C2)c2ccccc21. The smallest absolute Gasteiger partial charge is 0.272 e. The van der Waals surface area contributed by atoms with Gasteiger partial charge in [-0.1, -0.05) is 30.5 Å². The number of rotatable bonds is 3. The zero-order chi connectivity index (χ0) is 17.8. The van der Waals surface area contributed by atoms with Gasteiger partial charge in [0.1, 0.15) is 0 Å². The number of para-hydroxylation sites is 1. The minimum Gasteiger partial charge on any atom is -0.348 e. The maximum atomic E-state index is 12.7. The molecule has 25 heavy (non-hydrogen) atoms. The number of hydrogen-bond acceptors (Lipinski definition) is 3. The van der Waals surface area contributed by atoms with Gasteiger partial charge in [-0.2, -0.15) is 5.10 Å². The van der Waals surface area contributed by atoms with Crippen LogP contribution in [-0.4, -0.2) is 21.7 Å². The van der Waals surface area contributed by atoms with Crippen LogP contribution < -0.4 is 5.32 Å². The highest BCUT2D eigenvalue weighted by atomic mass is 127. The summed E-state index contributed by atoms with van der Waals surface area (Å²) in [6.07, 6.45) is 4.20. The molecule has 0 saturated heterocycles. The predicted molar refractivity (Wildman–Crippen MR) is 124 cm³/mol. The topological polar surface area (TPSA) is 46.9 Å². The highest BCUT2D eigenvalue weighted by Gasteiger charge is 2.24. The number of halogens is 2. The Morgan fingerprint density at radius 3 is 3.00 bits per heavy atom. The van der Waals surface area contributed by atoms with Crippen molar-refractivity contribution in [3.05, 3.63) is 30.0 Å². The molecule has 1 aromatic carbocycles. The van der Waals surface area contributed by atoms with Crippen LogP contribution in [0.5, 0.6) is 0 Å². The Morgan fingerprint density at radius 1 is 1.40 bits per heavy atom. The van der Waals surface area contributed by atoms with Crippen molar-refractivity contribution in [2.24, 2.45) is 13.0 Å². The Labute approximate surface area is 179 Å². The first-order valence-electron chi connectivity index (χ1n) is 8.06. The summed E-state index contributed by atoms with van der Waals surface area (Å²) in [5, 5.41) is 11.7. The van der Waals surface area contributed by atoms with Crippen LogP contribution in [-0.2, 0) is 7.05 Å². The third kappa shape index (κ3) is 5.24. The van der Waals surface area contributed by atoms with Gasteiger partial charge in [0, 0.05) is 24.4 Å². The molecule has 1 aliphatic carbocycles. The van der Waals surface area contributed by atoms with E-state index < -0.39 is 0 Å². The number of carbonyl (C=O) groups is 1. The van der Waals surface area contributed by atoms with E-state index in [0.29, 0.717) is 11.6 Å². The fraction of sp³-hybridized carbons (Fsp3) is 0.412. The Bertz CT molecular complexity index is 830. The average Bonchev–Trinajstić information content (AvgIpc) is 2.92. The Balaban J connectivity index is 1.66. The van der Waals surface area contributed by atoms with E-state index in [9.17, 15) is 4.79 Å². The molecule has 2 aromatic rings. The maximum Gasteiger partial charge on any atom is 0.272 e. The number of carbonyl (C=O) groups excluding carboxylic acids is 1. The number of nitrogens with zero attached hydrogens (tertiary/aromatic N) is 2. The zero-order valence-corrected chi connectivity index (χ0v) is 19.7. The Morgan fingerprint density at radius 2 is 2.20 bits per heavy atom. The first-order valence-corrected chi connectivity index (χ1v) is 16.4. The van der Waals surface area contributed by atoms with Crippen molar-refractivity contribution in [1.29, 1.82) is 0 Å². The molecule has 2 unspecified atom stereocenters. The molecule has 1 aromatic heterocycles. The highest BCUT2D eigenvalue weighted by Crippen LogP contribution is 2.64. The lowest BCUT2D eigenvalue weighted by Gasteiger charge is -2.26. The largest absolute Gasteiger partial charge is 0.348 e. The van der Waals surface area contributed by atoms with Crippen LogP contribution in [0.2, 0.25) is 0 Å². The van der Waals surface area contributed by atoms with E-state index in [-0.39, 0.29) is 14.4 Å². The molecule has 1 fully saturated rings. The normalized spacial score (nSPS) is 20.3. The minimum absolute atomic E-state index is 0.0761. The van der Waals surface area contributed by atoms with Crippen molar-refractivity contribution in [1.82, 2.24) is 15.1 Å². The molecule has 0 spiro atoms. The molecule has 1 amide bonds. The summed E-state index contributed by atoms with van der Waals surface area (Å²) in [5.74, 6) is 3.69. The Kier molecular flexibility index (Phi) is 7.29. The molecule has 0 bridgehead atoms. The number of aromatic nitrogens is 2. The van der Waals surface area contributed by atoms with E-state index >= 15 is 0 Å². The first-order chi connectivity index (χ1) is 12.0. The Hall–Kier alpha value is -0.0400. The highest BCUT2D eigenvalue weighted by molar-refractivity contribution is 14.3. The second kappa shape index (κ2) is 9.25. The third-order valence-electron chi connectivity index (χ3n) is 4.36. The van der Waals surface area contributed by atoms with Crippen LogP contribution >= 0.6 is 57.9 Å². The first kappa shape index (κ1) is 19.7. The summed E-state index contributed by atoms with van der Waals surface area (Å²) in [6, 6.07) is 8.03. The van der Waals surface area contributed by atoms with Crippen LogP contribution in [0.1, 0.15) is 36.2 Å². The summed E-state index contributed by atoms with van der Waals surface area (Å²) in [4.78, 5) is 12.7. The van der Waals surface area contributed by atoms with E-state index in [4.69, 9.17) is 0 Å². The van der Waals surface area contributed by atoms with E-state index in [1.807, 2.05) is 31.3 Å². The van der Waals surface area contributed by atoms with Gasteiger partial charge in [0.05, 0.1) is 7.93 Å². The third-order valence-corrected chi connectivity index (χ3v) is 8.94. The fourth-order valence-corrected chi connectivity index (χ4v) is 5.66. The van der Waals surface area contributed by atoms with Gasteiger partial charge in [0.25, 0.3) is 5.91 Å². The number of benzene rings is 1. The van der Waals surface area contributed by atoms with Crippen LogP contribution in [0.3, 0.4) is 0 Å². The standard InChI is InChI=1S/C17H18I2N3OPS/c1-22-15-8-3-2-7-14(15)16(21-22)17(23)20-13-6-4-5-12(11-13)9-10-25-24(18)19/h2-3,7-8,12-13H,4-6,11H2,1H3,(H,20,23). The van der Waals surface area contributed by atoms with Gasteiger partial charge in [-0.25, -0.2) is 0 Å². The average molecular weight is 597 g/mol. The van der Waals surface area contributed by atoms with Crippen LogP contribution in [0, 0.1) is 17.1 Å². The van der Waals surface area contributed by atoms with Gasteiger partial charge in [-0.3, -0.25) is 9.48 Å². The molecule has 132 valence electrons. The van der Waals surface area contributed by atoms with Gasteiger partial charge < -0.3 is 5.32 Å². The van der Waals surface area contributed by atoms with Crippen molar-refractivity contribution in [2.75, 3.05) is 0 Å². The van der Waals surface area contributed by atoms with E-state index in [1.54, 1.807) is 16.1 Å². The van der Waals surface area contributed by atoms with Gasteiger partial charge in [-0.05, 0) is 86.0 Å². The van der Waals surface area contributed by atoms with Crippen molar-refractivity contribution >= 4 is 74.7 Å². The van der Waals surface area contributed by atoms with Crippen molar-refractivity contribution in [3.63, 3.8) is 0 Å². The lowest BCUT2D eigenvalue weighted by atomic mass is 9.86. The molecule has 0 aliphatic heterocycles. The molecule has 8 heteroatoms. The van der Waals surface area contributed by atoms with Crippen molar-refractivity contribution in [2.45, 2.75) is 31.7 Å². The number of aryl methyl sites for hydroxylation is 1. The maximum absolute atomic E-state index is 12.7. The second-order valence-electron chi connectivity index (χ2n) is 6.06. The molecule has 2 atom stereocenters. The molecular weight excluding hydrogens is 579 g/mol. The summed E-state index contributed by atoms with van der Waals surface area (Å²) in [7, 11) is 1.87. The van der Waals surface area contributed by atoms with Gasteiger partial charge in [0.2, 0.25) is 0 Å². The van der Waals surface area contributed by atoms with E-state index in [1.165, 1.54) is 0 Å². The van der Waals surface area contributed by atoms with Crippen molar-refractivity contribution in [3.8, 4) is 11.2 Å². The summed E-state index contributed by atoms with van der Waals surface area (Å²) < 4.78 is 1.67. The zero-order valence-electron chi connectivity index (χ0n) is 13.7. The molecule has 1 heterocycles. The van der Waals surface area contributed by atoms with Gasteiger partial charge in [-0.15, -0.1) is 0 Å². The quantitative estimate of drug-likeness (QED) is 0.283. The lowest BCUT2D eigenvalue weighted by Crippen LogP contribution is -2.38. The molecule has 1 aliphatic rings. The fourth-order valence-electron chi connectivity index (χ4n) is 3.23. The van der Waals surface area contributed by atoms with Gasteiger partial charge >= 0.3 is 0 Å². The minimum atomic E-state index is -0.0947. The molecule has 3 rings (SSSR count). The molecular formula is C17H18I2N3OPS. The van der Waals surface area contributed by atoms with E-state index in [0.717, 1.165) is 36.6 Å². The predicted octanol–water partition coefficient (Wildman–Crippen LogP) is 5.65. The van der Waals surface area contributed by atoms with Gasteiger partial charge in [0.15, 0.2) is 5.69 Å². The number of amides is 1. The molecule has 1 saturated carbocycles. The van der Waals surface area contributed by atoms with Crippen LogP contribution in [0.25, 0.3) is 10.9 Å². The summed E-state index contributed by atoms with van der Waals surface area (Å²) in [5.41, 5.74) is 1.49. The van der Waals surface area contributed by atoms with Crippen molar-refractivity contribution < 1.29 is 4.79 Å². The molecule has 0 radical (unpaired) electrons. The number of fused-ring (bicyclic) bond motifs is 1. The second-order valence-corrected chi connectivity index (χ2v) is 23.8. The van der Waals surface area contributed by atoms with Crippen LogP contribution in [0.15, 0.2) is 24.3 Å². The molecule has 4 nitrogen and oxygen atoms in total. The number of hydrogen-bond donors (Lipinski definition) is 1. The number of nitrogens with one attached hydrogen (secondary N) is 1. The molecule has 1 N–H and O–H groups in total.